The van der Waals surface area contributed by atoms with Gasteiger partial charge < -0.3 is 9.47 Å². The molecule has 0 aliphatic rings. The van der Waals surface area contributed by atoms with Crippen LogP contribution in [0.15, 0.2) is 65.8 Å². The number of aryl methyl sites for hydroxylation is 2. The number of rotatable bonds is 11. The van der Waals surface area contributed by atoms with Gasteiger partial charge in [-0.15, -0.1) is 10.2 Å². The number of ether oxygens (including phenoxy) is 2. The lowest BCUT2D eigenvalue weighted by Gasteiger charge is -2.18. The van der Waals surface area contributed by atoms with Crippen molar-refractivity contribution in [2.45, 2.75) is 37.8 Å². The van der Waals surface area contributed by atoms with Crippen LogP contribution in [0.4, 0.5) is 0 Å². The van der Waals surface area contributed by atoms with Crippen LogP contribution in [0.3, 0.4) is 0 Å². The summed E-state index contributed by atoms with van der Waals surface area (Å²) < 4.78 is 13.7. The number of nitro groups is 1. The molecule has 0 N–H and O–H groups in total. The maximum atomic E-state index is 11.6. The zero-order chi connectivity index (χ0) is 27.2. The Labute approximate surface area is 235 Å². The zero-order valence-corrected chi connectivity index (χ0v) is 23.4. The van der Waals surface area contributed by atoms with E-state index >= 15 is 0 Å². The first-order valence-electron chi connectivity index (χ1n) is 11.9. The van der Waals surface area contributed by atoms with Crippen molar-refractivity contribution in [3.8, 4) is 17.2 Å². The first-order valence-corrected chi connectivity index (χ1v) is 13.5. The van der Waals surface area contributed by atoms with Gasteiger partial charge in [-0.3, -0.25) is 14.7 Å². The number of halogens is 2. The molecule has 8 nitrogen and oxygen atoms in total. The number of hydrogen-bond acceptors (Lipinski definition) is 7. The Morgan fingerprint density at radius 1 is 1.03 bits per heavy atom. The summed E-state index contributed by atoms with van der Waals surface area (Å²) in [6.45, 7) is 6.02. The van der Waals surface area contributed by atoms with Crippen molar-refractivity contribution < 1.29 is 14.4 Å². The third-order valence-electron chi connectivity index (χ3n) is 5.66. The van der Waals surface area contributed by atoms with Crippen LogP contribution in [0.25, 0.3) is 5.69 Å². The number of hydrogen-bond donors (Lipinski definition) is 0. The van der Waals surface area contributed by atoms with Crippen molar-refractivity contribution >= 4 is 35.0 Å². The molecule has 198 valence electrons. The van der Waals surface area contributed by atoms with Crippen LogP contribution >= 0.6 is 35.0 Å². The molecule has 4 rings (SSSR count). The summed E-state index contributed by atoms with van der Waals surface area (Å²) in [4.78, 5) is 11.3. The quantitative estimate of drug-likeness (QED) is 0.106. The molecule has 0 saturated carbocycles. The predicted octanol–water partition coefficient (Wildman–Crippen LogP) is 7.28. The highest BCUT2D eigenvalue weighted by Gasteiger charge is 2.25. The van der Waals surface area contributed by atoms with Gasteiger partial charge in [0.1, 0.15) is 17.7 Å². The van der Waals surface area contributed by atoms with Crippen molar-refractivity contribution in [3.63, 3.8) is 0 Å². The molecule has 0 bridgehead atoms. The van der Waals surface area contributed by atoms with Crippen LogP contribution < -0.4 is 9.47 Å². The second kappa shape index (κ2) is 12.5. The molecule has 3 aromatic carbocycles. The van der Waals surface area contributed by atoms with E-state index in [0.29, 0.717) is 44.7 Å². The Morgan fingerprint density at radius 2 is 1.84 bits per heavy atom. The minimum absolute atomic E-state index is 0.210. The highest BCUT2D eigenvalue weighted by atomic mass is 35.5. The van der Waals surface area contributed by atoms with Gasteiger partial charge in [0.05, 0.1) is 6.61 Å². The van der Waals surface area contributed by atoms with E-state index in [1.165, 1.54) is 11.8 Å². The fraction of sp³-hybridized carbons (Fsp3) is 0.259. The van der Waals surface area contributed by atoms with Gasteiger partial charge in [0, 0.05) is 26.2 Å². The number of benzene rings is 3. The van der Waals surface area contributed by atoms with Crippen LogP contribution in [-0.2, 0) is 6.61 Å². The first-order chi connectivity index (χ1) is 18.2. The normalized spacial score (nSPS) is 11.8. The smallest absolute Gasteiger partial charge is 0.220 e. The van der Waals surface area contributed by atoms with Gasteiger partial charge in [0.25, 0.3) is 0 Å². The van der Waals surface area contributed by atoms with E-state index in [2.05, 4.69) is 10.2 Å². The number of nitrogens with zero attached hydrogens (tertiary/aromatic N) is 4. The summed E-state index contributed by atoms with van der Waals surface area (Å²) in [6, 6.07) is 18.5. The third kappa shape index (κ3) is 6.78. The molecular weight excluding hydrogens is 547 g/mol. The third-order valence-corrected chi connectivity index (χ3v) is 7.42. The molecule has 4 aromatic rings. The molecule has 0 aliphatic carbocycles. The Bertz CT molecular complexity index is 1450. The SMILES string of the molecule is CCOc1cc([C@@H](C[N+](=O)[O-])Sc2nnc(C)n2-c2cccc(C)c2)ccc1OCc1ccc(Cl)cc1Cl. The fourth-order valence-electron chi connectivity index (χ4n) is 3.86. The summed E-state index contributed by atoms with van der Waals surface area (Å²) in [6.07, 6.45) is 0. The molecule has 0 amide bonds. The van der Waals surface area contributed by atoms with E-state index in [0.717, 1.165) is 16.8 Å². The van der Waals surface area contributed by atoms with Gasteiger partial charge in [-0.25, -0.2) is 0 Å². The molecule has 1 heterocycles. The lowest BCUT2D eigenvalue weighted by molar-refractivity contribution is -0.479. The fourth-order valence-corrected chi connectivity index (χ4v) is 5.49. The van der Waals surface area contributed by atoms with Gasteiger partial charge in [0.2, 0.25) is 6.54 Å². The van der Waals surface area contributed by atoms with Gasteiger partial charge >= 0.3 is 0 Å². The van der Waals surface area contributed by atoms with Crippen molar-refractivity contribution in [2.75, 3.05) is 13.2 Å². The highest BCUT2D eigenvalue weighted by Crippen LogP contribution is 2.40. The maximum Gasteiger partial charge on any atom is 0.220 e. The summed E-state index contributed by atoms with van der Waals surface area (Å²) in [5.41, 5.74) is 3.47. The molecule has 38 heavy (non-hydrogen) atoms. The largest absolute Gasteiger partial charge is 0.490 e. The minimum Gasteiger partial charge on any atom is -0.490 e. The van der Waals surface area contributed by atoms with Crippen LogP contribution in [0.5, 0.6) is 11.5 Å². The Morgan fingerprint density at radius 3 is 2.55 bits per heavy atom. The van der Waals surface area contributed by atoms with Crippen molar-refractivity contribution in [1.29, 1.82) is 0 Å². The molecule has 0 spiro atoms. The second-order valence-corrected chi connectivity index (χ2v) is 10.5. The summed E-state index contributed by atoms with van der Waals surface area (Å²) >= 11 is 13.6. The van der Waals surface area contributed by atoms with E-state index in [1.807, 2.05) is 55.7 Å². The van der Waals surface area contributed by atoms with Gasteiger partial charge in [-0.1, -0.05) is 59.2 Å². The molecule has 0 radical (unpaired) electrons. The summed E-state index contributed by atoms with van der Waals surface area (Å²) in [7, 11) is 0. The molecular formula is C27H26Cl2N4O4S. The van der Waals surface area contributed by atoms with E-state index in [-0.39, 0.29) is 18.1 Å². The molecule has 0 unspecified atom stereocenters. The van der Waals surface area contributed by atoms with Gasteiger partial charge in [-0.05, 0) is 68.3 Å². The molecule has 0 aliphatic heterocycles. The van der Waals surface area contributed by atoms with E-state index in [1.54, 1.807) is 30.3 Å². The van der Waals surface area contributed by atoms with Gasteiger partial charge in [-0.2, -0.15) is 0 Å². The van der Waals surface area contributed by atoms with Crippen LogP contribution in [0, 0.1) is 24.0 Å². The molecule has 0 saturated heterocycles. The first kappa shape index (κ1) is 27.8. The van der Waals surface area contributed by atoms with Crippen molar-refractivity contribution in [1.82, 2.24) is 14.8 Å². The molecule has 1 atom stereocenters. The van der Waals surface area contributed by atoms with E-state index < -0.39 is 5.25 Å². The van der Waals surface area contributed by atoms with Crippen molar-refractivity contribution in [2.24, 2.45) is 0 Å². The summed E-state index contributed by atoms with van der Waals surface area (Å²) in [5.74, 6) is 1.68. The van der Waals surface area contributed by atoms with E-state index in [9.17, 15) is 10.1 Å². The van der Waals surface area contributed by atoms with Crippen molar-refractivity contribution in [3.05, 3.63) is 103 Å². The minimum atomic E-state index is -0.545. The predicted molar refractivity (Wildman–Crippen MR) is 150 cm³/mol. The average Bonchev–Trinajstić information content (AvgIpc) is 3.23. The standard InChI is InChI=1S/C27H26Cl2N4O4S/c1-4-36-25-13-19(9-11-24(25)37-16-20-8-10-21(28)14-23(20)29)26(15-32(34)35)38-27-31-30-18(3)33(27)22-7-5-6-17(2)12-22/h5-14,26H,4,15-16H2,1-3H3/t26-/m1/s1. The van der Waals surface area contributed by atoms with E-state index in [4.69, 9.17) is 32.7 Å². The highest BCUT2D eigenvalue weighted by molar-refractivity contribution is 7.99. The maximum absolute atomic E-state index is 11.6. The Balaban J connectivity index is 1.63. The zero-order valence-electron chi connectivity index (χ0n) is 21.1. The summed E-state index contributed by atoms with van der Waals surface area (Å²) in [5, 5.41) is 21.3. The number of thioether (sulfide) groups is 1. The topological polar surface area (TPSA) is 92.3 Å². The Kier molecular flexibility index (Phi) is 9.14. The Hall–Kier alpha value is -3.27. The van der Waals surface area contributed by atoms with Crippen LogP contribution in [-0.4, -0.2) is 32.8 Å². The molecule has 11 heteroatoms. The van der Waals surface area contributed by atoms with Gasteiger partial charge in [0.15, 0.2) is 16.7 Å². The molecule has 0 fully saturated rings. The number of aromatic nitrogens is 3. The lowest BCUT2D eigenvalue weighted by Crippen LogP contribution is -2.12. The monoisotopic (exact) mass is 572 g/mol. The molecule has 1 aromatic heterocycles. The van der Waals surface area contributed by atoms with Crippen LogP contribution in [0.1, 0.15) is 34.7 Å². The lowest BCUT2D eigenvalue weighted by atomic mass is 10.1. The van der Waals surface area contributed by atoms with Crippen LogP contribution in [0.2, 0.25) is 10.0 Å². The second-order valence-electron chi connectivity index (χ2n) is 8.49. The average molecular weight is 574 g/mol.